The Kier molecular flexibility index (Phi) is 7.97. The van der Waals surface area contributed by atoms with E-state index < -0.39 is 29.2 Å². The van der Waals surface area contributed by atoms with Gasteiger partial charge in [0, 0.05) is 31.3 Å². The van der Waals surface area contributed by atoms with Crippen LogP contribution < -0.4 is 11.1 Å². The maximum absolute atomic E-state index is 12.9. The predicted octanol–water partition coefficient (Wildman–Crippen LogP) is 2.90. The molecule has 10 heteroatoms. The van der Waals surface area contributed by atoms with Crippen LogP contribution in [-0.4, -0.2) is 48.2 Å². The number of carbonyl (C=O) groups is 3. The summed E-state index contributed by atoms with van der Waals surface area (Å²) in [7, 11) is 1.67. The molecule has 0 aliphatic carbocycles. The average Bonchev–Trinajstić information content (AvgIpc) is 2.77. The van der Waals surface area contributed by atoms with Gasteiger partial charge in [-0.25, -0.2) is 0 Å². The van der Waals surface area contributed by atoms with Crippen molar-refractivity contribution in [3.8, 4) is 0 Å². The Balaban J connectivity index is 2.04. The summed E-state index contributed by atoms with van der Waals surface area (Å²) in [6.45, 7) is 3.82. The van der Waals surface area contributed by atoms with Crippen LogP contribution in [0.4, 0.5) is 13.2 Å². The Labute approximate surface area is 189 Å². The van der Waals surface area contributed by atoms with Crippen molar-refractivity contribution in [3.05, 3.63) is 71.3 Å². The molecule has 33 heavy (non-hydrogen) atoms. The maximum atomic E-state index is 12.9. The van der Waals surface area contributed by atoms with Gasteiger partial charge in [-0.2, -0.15) is 18.2 Å². The van der Waals surface area contributed by atoms with Crippen molar-refractivity contribution in [2.75, 3.05) is 13.6 Å². The molecular formula is C23H25F3N4O3. The number of amides is 3. The third-order valence-corrected chi connectivity index (χ3v) is 4.76. The fourth-order valence-electron chi connectivity index (χ4n) is 2.98. The molecule has 3 N–H and O–H groups in total. The van der Waals surface area contributed by atoms with E-state index in [1.54, 1.807) is 25.8 Å². The number of aliphatic imine (C=N–C) groups is 1. The molecule has 176 valence electrons. The monoisotopic (exact) mass is 462 g/mol. The summed E-state index contributed by atoms with van der Waals surface area (Å²) in [5, 5.41) is 2.66. The summed E-state index contributed by atoms with van der Waals surface area (Å²) in [5.74, 6) is -3.74. The highest BCUT2D eigenvalue weighted by Gasteiger charge is 2.39. The Hall–Kier alpha value is -3.69. The van der Waals surface area contributed by atoms with Gasteiger partial charge in [0.2, 0.25) is 5.91 Å². The van der Waals surface area contributed by atoms with Crippen LogP contribution >= 0.6 is 0 Å². The molecule has 2 rings (SSSR count). The Bertz CT molecular complexity index is 1050. The molecule has 0 saturated carbocycles. The Morgan fingerprint density at radius 3 is 2.21 bits per heavy atom. The largest absolute Gasteiger partial charge is 0.473 e. The van der Waals surface area contributed by atoms with Crippen molar-refractivity contribution in [2.45, 2.75) is 26.6 Å². The van der Waals surface area contributed by atoms with Crippen LogP contribution in [0.25, 0.3) is 0 Å². The second-order valence-electron chi connectivity index (χ2n) is 8.09. The van der Waals surface area contributed by atoms with Gasteiger partial charge in [-0.1, -0.05) is 42.5 Å². The zero-order valence-corrected chi connectivity index (χ0v) is 18.4. The molecule has 2 aromatic rings. The molecule has 0 aromatic heterocycles. The van der Waals surface area contributed by atoms with Crippen molar-refractivity contribution >= 4 is 23.6 Å². The summed E-state index contributed by atoms with van der Waals surface area (Å²) in [6.07, 6.45) is -5.15. The Morgan fingerprint density at radius 2 is 1.61 bits per heavy atom. The predicted molar refractivity (Wildman–Crippen MR) is 117 cm³/mol. The molecule has 0 heterocycles. The minimum absolute atomic E-state index is 0.0156. The zero-order chi connectivity index (χ0) is 24.8. The molecule has 0 spiro atoms. The number of nitrogens with two attached hydrogens (primary N) is 1. The number of hydrogen-bond donors (Lipinski definition) is 2. The second-order valence-corrected chi connectivity index (χ2v) is 8.09. The first-order valence-electron chi connectivity index (χ1n) is 9.94. The Morgan fingerprint density at radius 1 is 1.00 bits per heavy atom. The number of benzene rings is 2. The maximum Gasteiger partial charge on any atom is 0.473 e. The van der Waals surface area contributed by atoms with Gasteiger partial charge >= 0.3 is 12.1 Å². The number of amidine groups is 1. The first-order valence-corrected chi connectivity index (χ1v) is 9.94. The summed E-state index contributed by atoms with van der Waals surface area (Å²) < 4.78 is 37.1. The minimum atomic E-state index is -5.15. The number of nitrogens with zero attached hydrogens (tertiary/aromatic N) is 2. The van der Waals surface area contributed by atoms with E-state index in [4.69, 9.17) is 5.73 Å². The quantitative estimate of drug-likeness (QED) is 0.488. The summed E-state index contributed by atoms with van der Waals surface area (Å²) in [4.78, 5) is 40.8. The SMILES string of the molecule is CN(Cc1ccccc1)C(=O)C(C)(C)CNC(=O)c1cccc(C(N)=NC(=O)C(F)(F)F)c1. The fourth-order valence-corrected chi connectivity index (χ4v) is 2.98. The van der Waals surface area contributed by atoms with E-state index in [0.717, 1.165) is 5.56 Å². The van der Waals surface area contributed by atoms with Gasteiger partial charge in [0.1, 0.15) is 5.84 Å². The number of halogens is 3. The van der Waals surface area contributed by atoms with Gasteiger partial charge in [0.15, 0.2) is 0 Å². The number of carbonyl (C=O) groups excluding carboxylic acids is 3. The first-order chi connectivity index (χ1) is 15.3. The van der Waals surface area contributed by atoms with Gasteiger partial charge in [0.25, 0.3) is 5.91 Å². The molecule has 0 saturated heterocycles. The molecule has 2 aromatic carbocycles. The molecule has 0 fully saturated rings. The second kappa shape index (κ2) is 10.3. The molecule has 0 atom stereocenters. The minimum Gasteiger partial charge on any atom is -0.383 e. The fraction of sp³-hybridized carbons (Fsp3) is 0.304. The number of nitrogens with one attached hydrogen (secondary N) is 1. The van der Waals surface area contributed by atoms with E-state index in [0.29, 0.717) is 6.54 Å². The number of hydrogen-bond acceptors (Lipinski definition) is 3. The van der Waals surface area contributed by atoms with Gasteiger partial charge in [-0.3, -0.25) is 14.4 Å². The average molecular weight is 462 g/mol. The molecule has 0 radical (unpaired) electrons. The van der Waals surface area contributed by atoms with E-state index in [-0.39, 0.29) is 23.6 Å². The first kappa shape index (κ1) is 25.6. The number of alkyl halides is 3. The smallest absolute Gasteiger partial charge is 0.383 e. The highest BCUT2D eigenvalue weighted by Crippen LogP contribution is 2.20. The van der Waals surface area contributed by atoms with Crippen molar-refractivity contribution in [2.24, 2.45) is 16.1 Å². The highest BCUT2D eigenvalue weighted by molar-refractivity contribution is 6.06. The molecular weight excluding hydrogens is 437 g/mol. The standard InChI is InChI=1S/C23H25F3N4O3/c1-22(2,21(33)30(3)13-15-8-5-4-6-9-15)14-28-19(31)17-11-7-10-16(12-17)18(27)29-20(32)23(24,25)26/h4-12H,13-14H2,1-3H3,(H,28,31)(H2,27,29,32). The van der Waals surface area contributed by atoms with Gasteiger partial charge in [-0.05, 0) is 31.5 Å². The lowest BCUT2D eigenvalue weighted by Crippen LogP contribution is -2.45. The van der Waals surface area contributed by atoms with E-state index in [2.05, 4.69) is 10.3 Å². The lowest BCUT2D eigenvalue weighted by Gasteiger charge is -2.29. The molecule has 0 aliphatic rings. The van der Waals surface area contributed by atoms with Crippen LogP contribution in [0.3, 0.4) is 0 Å². The van der Waals surface area contributed by atoms with Gasteiger partial charge in [0.05, 0.1) is 5.41 Å². The molecule has 0 aliphatic heterocycles. The zero-order valence-electron chi connectivity index (χ0n) is 18.4. The molecule has 7 nitrogen and oxygen atoms in total. The third-order valence-electron chi connectivity index (χ3n) is 4.76. The van der Waals surface area contributed by atoms with Gasteiger partial charge < -0.3 is 16.0 Å². The van der Waals surface area contributed by atoms with Crippen LogP contribution in [0.1, 0.15) is 35.3 Å². The molecule has 0 bridgehead atoms. The summed E-state index contributed by atoms with van der Waals surface area (Å²) in [6, 6.07) is 14.8. The van der Waals surface area contributed by atoms with Crippen LogP contribution in [0, 0.1) is 5.41 Å². The normalized spacial score (nSPS) is 12.2. The van der Waals surface area contributed by atoms with Crippen LogP contribution in [0.15, 0.2) is 59.6 Å². The van der Waals surface area contributed by atoms with Crippen molar-refractivity contribution < 1.29 is 27.6 Å². The van der Waals surface area contributed by atoms with Crippen LogP contribution in [0.2, 0.25) is 0 Å². The highest BCUT2D eigenvalue weighted by atomic mass is 19.4. The van der Waals surface area contributed by atoms with Crippen LogP contribution in [-0.2, 0) is 16.1 Å². The van der Waals surface area contributed by atoms with Crippen LogP contribution in [0.5, 0.6) is 0 Å². The topological polar surface area (TPSA) is 105 Å². The summed E-state index contributed by atoms with van der Waals surface area (Å²) >= 11 is 0. The molecule has 3 amide bonds. The van der Waals surface area contributed by atoms with E-state index in [9.17, 15) is 27.6 Å². The third kappa shape index (κ3) is 7.16. The number of rotatable bonds is 7. The summed E-state index contributed by atoms with van der Waals surface area (Å²) in [5.41, 5.74) is 5.61. The van der Waals surface area contributed by atoms with Crippen molar-refractivity contribution in [1.29, 1.82) is 0 Å². The van der Waals surface area contributed by atoms with E-state index >= 15 is 0 Å². The lowest BCUT2D eigenvalue weighted by atomic mass is 9.91. The lowest BCUT2D eigenvalue weighted by molar-refractivity contribution is -0.169. The van der Waals surface area contributed by atoms with Crippen molar-refractivity contribution in [3.63, 3.8) is 0 Å². The van der Waals surface area contributed by atoms with Gasteiger partial charge in [-0.15, -0.1) is 0 Å². The molecule has 0 unspecified atom stereocenters. The van der Waals surface area contributed by atoms with E-state index in [1.807, 2.05) is 30.3 Å². The van der Waals surface area contributed by atoms with E-state index in [1.165, 1.54) is 24.3 Å². The van der Waals surface area contributed by atoms with Crippen molar-refractivity contribution in [1.82, 2.24) is 10.2 Å².